The molecule has 0 unspecified atom stereocenters. The summed E-state index contributed by atoms with van der Waals surface area (Å²) >= 11 is 0. The predicted molar refractivity (Wildman–Crippen MR) is 328 cm³/mol. The zero-order valence-electron chi connectivity index (χ0n) is 41.9. The van der Waals surface area contributed by atoms with Crippen molar-refractivity contribution in [3.05, 3.63) is 242 Å². The number of hydrogen-bond acceptors (Lipinski definition) is 0. The highest BCUT2D eigenvalue weighted by atomic mass is 14.4. The van der Waals surface area contributed by atoms with Gasteiger partial charge in [-0.15, -0.1) is 0 Å². The lowest BCUT2D eigenvalue weighted by Gasteiger charge is -2.20. The SMILES string of the molecule is Cc1ccccc1-c1c2cc3c(cc2c(-c2ccccc2C)c2c4ccc5c6ccc7c8c(ccc(c9ccc(c12)c4c95)c86)-c1c-7c(-c2ccccc2)c2ccccc2c1-c1ccccc1)c1cccc2cccc3c21. The number of hydrogen-bond donors (Lipinski definition) is 0. The van der Waals surface area contributed by atoms with Crippen LogP contribution >= 0.6 is 0 Å². The Morgan fingerprint density at radius 1 is 0.184 bits per heavy atom. The summed E-state index contributed by atoms with van der Waals surface area (Å²) in [5.41, 5.74) is 18.2. The van der Waals surface area contributed by atoms with Gasteiger partial charge in [0, 0.05) is 0 Å². The normalized spacial score (nSPS) is 12.6. The van der Waals surface area contributed by atoms with Crippen molar-refractivity contribution in [1.82, 2.24) is 0 Å². The summed E-state index contributed by atoms with van der Waals surface area (Å²) in [5, 5.41) is 29.2. The monoisotopic (exact) mass is 956 g/mol. The van der Waals surface area contributed by atoms with Crippen LogP contribution in [0.4, 0.5) is 0 Å². The van der Waals surface area contributed by atoms with Gasteiger partial charge < -0.3 is 0 Å². The Hall–Kier alpha value is -9.62. The minimum absolute atomic E-state index is 1.25. The molecule has 0 fully saturated rings. The lowest BCUT2D eigenvalue weighted by atomic mass is 9.82. The van der Waals surface area contributed by atoms with Crippen molar-refractivity contribution in [3.63, 3.8) is 0 Å². The van der Waals surface area contributed by atoms with E-state index in [0.717, 1.165) is 0 Å². The maximum absolute atomic E-state index is 2.56. The quantitative estimate of drug-likeness (QED) is 0.122. The second-order valence-electron chi connectivity index (χ2n) is 21.7. The molecule has 18 rings (SSSR count). The topological polar surface area (TPSA) is 0 Å². The molecule has 0 bridgehead atoms. The summed E-state index contributed by atoms with van der Waals surface area (Å²) in [7, 11) is 0. The second-order valence-corrected chi connectivity index (χ2v) is 21.7. The number of benzene rings is 15. The maximum atomic E-state index is 2.56. The lowest BCUT2D eigenvalue weighted by molar-refractivity contribution is 1.47. The van der Waals surface area contributed by atoms with Crippen LogP contribution in [0.1, 0.15) is 11.1 Å². The van der Waals surface area contributed by atoms with Crippen LogP contribution in [0.15, 0.2) is 231 Å². The first kappa shape index (κ1) is 40.8. The van der Waals surface area contributed by atoms with E-state index < -0.39 is 0 Å². The van der Waals surface area contributed by atoms with Gasteiger partial charge in [-0.25, -0.2) is 0 Å². The molecule has 0 saturated heterocycles. The smallest absolute Gasteiger partial charge is 0.000730 e. The molecule has 0 N–H and O–H groups in total. The second kappa shape index (κ2) is 14.6. The molecule has 0 heterocycles. The zero-order valence-corrected chi connectivity index (χ0v) is 41.9. The van der Waals surface area contributed by atoms with Gasteiger partial charge in [0.25, 0.3) is 0 Å². The molecule has 0 amide bonds. The van der Waals surface area contributed by atoms with E-state index in [1.165, 1.54) is 196 Å². The standard InChI is InChI=1S/C76H44/c1-41-17-9-11-25-46(41)67-62-39-60-50-29-15-23-43-24-16-30-51(64(43)50)61(60)40-63(62)68(47-26-12-10-18-42(47)2)76-59-38-34-55-53-32-36-57-71-56(35-31-52(69(53)71)54-33-37-58(75(67)76)72(59)70(54)55)73-65(44-19-5-3-6-20-44)48-27-13-14-28-49(48)66(74(57)73)45-21-7-4-8-22-45/h3-40H,1-2H3. The van der Waals surface area contributed by atoms with Crippen molar-refractivity contribution in [3.8, 4) is 66.8 Å². The average Bonchev–Trinajstić information content (AvgIpc) is 4.31. The Kier molecular flexibility index (Phi) is 7.82. The van der Waals surface area contributed by atoms with Crippen LogP contribution in [0.2, 0.25) is 0 Å². The van der Waals surface area contributed by atoms with Crippen molar-refractivity contribution >= 4 is 118 Å². The Morgan fingerprint density at radius 3 is 1.03 bits per heavy atom. The van der Waals surface area contributed by atoms with Crippen LogP contribution in [0.3, 0.4) is 0 Å². The molecule has 0 spiro atoms. The molecule has 76 heavy (non-hydrogen) atoms. The molecule has 17 aromatic rings. The molecular formula is C76H44. The molecule has 0 atom stereocenters. The van der Waals surface area contributed by atoms with Gasteiger partial charge in [0.05, 0.1) is 0 Å². The molecule has 348 valence electrons. The van der Waals surface area contributed by atoms with Crippen LogP contribution in [0, 0.1) is 13.8 Å². The van der Waals surface area contributed by atoms with Crippen LogP contribution in [-0.2, 0) is 0 Å². The molecule has 0 saturated carbocycles. The van der Waals surface area contributed by atoms with Crippen molar-refractivity contribution in [2.45, 2.75) is 13.8 Å². The van der Waals surface area contributed by atoms with Crippen LogP contribution in [0.25, 0.3) is 185 Å². The van der Waals surface area contributed by atoms with Gasteiger partial charge in [-0.1, -0.05) is 218 Å². The first-order valence-electron chi connectivity index (χ1n) is 26.8. The number of rotatable bonds is 4. The summed E-state index contributed by atoms with van der Waals surface area (Å²) in [6, 6.07) is 88.0. The highest BCUT2D eigenvalue weighted by molar-refractivity contribution is 6.48. The van der Waals surface area contributed by atoms with Crippen molar-refractivity contribution in [2.75, 3.05) is 0 Å². The highest BCUT2D eigenvalue weighted by Gasteiger charge is 2.33. The highest BCUT2D eigenvalue weighted by Crippen LogP contribution is 2.61. The number of fused-ring (bicyclic) bond motifs is 13. The third-order valence-electron chi connectivity index (χ3n) is 18.1. The van der Waals surface area contributed by atoms with E-state index in [4.69, 9.17) is 0 Å². The van der Waals surface area contributed by atoms with E-state index >= 15 is 0 Å². The first-order chi connectivity index (χ1) is 37.6. The van der Waals surface area contributed by atoms with Crippen LogP contribution in [-0.4, -0.2) is 0 Å². The summed E-state index contributed by atoms with van der Waals surface area (Å²) < 4.78 is 0. The van der Waals surface area contributed by atoms with E-state index in [2.05, 4.69) is 244 Å². The van der Waals surface area contributed by atoms with Crippen molar-refractivity contribution < 1.29 is 0 Å². The first-order valence-corrected chi connectivity index (χ1v) is 26.8. The molecule has 0 heteroatoms. The zero-order chi connectivity index (χ0) is 49.7. The van der Waals surface area contributed by atoms with Gasteiger partial charge in [0.1, 0.15) is 0 Å². The third-order valence-corrected chi connectivity index (χ3v) is 18.1. The van der Waals surface area contributed by atoms with Crippen LogP contribution in [0.5, 0.6) is 0 Å². The summed E-state index contributed by atoms with van der Waals surface area (Å²) in [6.07, 6.45) is 0. The molecule has 17 aromatic carbocycles. The van der Waals surface area contributed by atoms with Gasteiger partial charge in [-0.2, -0.15) is 0 Å². The fourth-order valence-corrected chi connectivity index (χ4v) is 15.1. The fraction of sp³-hybridized carbons (Fsp3) is 0.0263. The number of aryl methyl sites for hydroxylation is 2. The molecular weight excluding hydrogens is 913 g/mol. The van der Waals surface area contributed by atoms with Gasteiger partial charge in [0.15, 0.2) is 0 Å². The van der Waals surface area contributed by atoms with E-state index in [9.17, 15) is 0 Å². The summed E-state index contributed by atoms with van der Waals surface area (Å²) in [6.45, 7) is 4.59. The largest absolute Gasteiger partial charge is 0.0622 e. The summed E-state index contributed by atoms with van der Waals surface area (Å²) in [4.78, 5) is 0. The van der Waals surface area contributed by atoms with Crippen molar-refractivity contribution in [1.29, 1.82) is 0 Å². The van der Waals surface area contributed by atoms with Crippen LogP contribution < -0.4 is 0 Å². The van der Waals surface area contributed by atoms with Gasteiger partial charge in [-0.05, 0) is 222 Å². The third kappa shape index (κ3) is 5.00. The fourth-order valence-electron chi connectivity index (χ4n) is 15.1. The minimum atomic E-state index is 1.25. The minimum Gasteiger partial charge on any atom is -0.0622 e. The van der Waals surface area contributed by atoms with Gasteiger partial charge in [0.2, 0.25) is 0 Å². The molecule has 1 aliphatic rings. The predicted octanol–water partition coefficient (Wildman–Crippen LogP) is 21.6. The van der Waals surface area contributed by atoms with Gasteiger partial charge in [-0.3, -0.25) is 0 Å². The molecule has 1 aliphatic carbocycles. The molecule has 0 radical (unpaired) electrons. The van der Waals surface area contributed by atoms with E-state index in [0.29, 0.717) is 0 Å². The van der Waals surface area contributed by atoms with E-state index in [1.807, 2.05) is 0 Å². The molecule has 0 aromatic heterocycles. The Morgan fingerprint density at radius 2 is 0.553 bits per heavy atom. The average molecular weight is 957 g/mol. The van der Waals surface area contributed by atoms with Gasteiger partial charge >= 0.3 is 0 Å². The Bertz CT molecular complexity index is 5060. The summed E-state index contributed by atoms with van der Waals surface area (Å²) in [5.74, 6) is 0. The maximum Gasteiger partial charge on any atom is -0.000730 e. The Labute approximate surface area is 438 Å². The lowest BCUT2D eigenvalue weighted by Crippen LogP contribution is -1.93. The molecule has 0 aliphatic heterocycles. The Balaban J connectivity index is 1.02. The molecule has 0 nitrogen and oxygen atoms in total. The van der Waals surface area contributed by atoms with E-state index in [1.54, 1.807) is 0 Å². The van der Waals surface area contributed by atoms with E-state index in [-0.39, 0.29) is 0 Å². The van der Waals surface area contributed by atoms with Crippen molar-refractivity contribution in [2.24, 2.45) is 0 Å².